The Balaban J connectivity index is 3.52. The molecule has 0 aromatic carbocycles. The van der Waals surface area contributed by atoms with Gasteiger partial charge in [0.15, 0.2) is 0 Å². The van der Waals surface area contributed by atoms with E-state index in [4.69, 9.17) is 0 Å². The molecule has 0 aromatic heterocycles. The number of carbonyl (C=O) groups is 4. The normalized spacial score (nSPS) is 11.1. The van der Waals surface area contributed by atoms with Crippen LogP contribution in [0.3, 0.4) is 0 Å². The van der Waals surface area contributed by atoms with Gasteiger partial charge in [0.05, 0.1) is 0 Å². The fourth-order valence-corrected chi connectivity index (χ4v) is 6.99. The molecular formula is C25H49N5O4S4. The smallest absolute Gasteiger partial charge is 0.221 e. The zero-order valence-electron chi connectivity index (χ0n) is 23.4. The van der Waals surface area contributed by atoms with Crippen molar-refractivity contribution in [2.45, 2.75) is 51.4 Å². The first-order chi connectivity index (χ1) is 18.4. The van der Waals surface area contributed by atoms with Gasteiger partial charge in [0.25, 0.3) is 0 Å². The molecule has 0 spiro atoms. The van der Waals surface area contributed by atoms with Gasteiger partial charge in [-0.05, 0) is 34.0 Å². The second-order valence-electron chi connectivity index (χ2n) is 8.78. The van der Waals surface area contributed by atoms with E-state index in [2.05, 4.69) is 26.2 Å². The van der Waals surface area contributed by atoms with Crippen LogP contribution in [0.5, 0.6) is 0 Å². The molecule has 4 N–H and O–H groups in total. The summed E-state index contributed by atoms with van der Waals surface area (Å²) >= 11 is 0. The summed E-state index contributed by atoms with van der Waals surface area (Å²) in [4.78, 5) is 49.3. The van der Waals surface area contributed by atoms with Crippen LogP contribution in [0.15, 0.2) is 0 Å². The highest BCUT2D eigenvalue weighted by Gasteiger charge is 2.08. The maximum atomic E-state index is 12.1. The standard InChI is InChI=1S/C25H49N5O4S4/c1-26-12-8-24(33)28-14-20-37-35-18-4-6-22(31)10-16-30(3)17-11-23(32)7-5-19-36-38-21-15-29-25(34)9-13-27-2/h26-27H,4-21H2,1-3H3,(H,28,33)(H,29,34). The van der Waals surface area contributed by atoms with E-state index in [9.17, 15) is 19.2 Å². The van der Waals surface area contributed by atoms with Crippen molar-refractivity contribution < 1.29 is 19.2 Å². The highest BCUT2D eigenvalue weighted by Crippen LogP contribution is 2.22. The van der Waals surface area contributed by atoms with E-state index >= 15 is 0 Å². The lowest BCUT2D eigenvalue weighted by molar-refractivity contribution is -0.121. The molecule has 0 aliphatic heterocycles. The van der Waals surface area contributed by atoms with E-state index in [-0.39, 0.29) is 23.4 Å². The molecule has 0 aliphatic carbocycles. The summed E-state index contributed by atoms with van der Waals surface area (Å²) in [6.07, 6.45) is 5.00. The lowest BCUT2D eigenvalue weighted by atomic mass is 10.1. The molecule has 0 atom stereocenters. The van der Waals surface area contributed by atoms with Gasteiger partial charge < -0.3 is 26.2 Å². The van der Waals surface area contributed by atoms with Crippen LogP contribution in [0.1, 0.15) is 51.4 Å². The average molecular weight is 612 g/mol. The fraction of sp³-hybridized carbons (Fsp3) is 0.840. The van der Waals surface area contributed by atoms with Gasteiger partial charge in [0.2, 0.25) is 11.8 Å². The molecule has 2 amide bonds. The van der Waals surface area contributed by atoms with Crippen molar-refractivity contribution in [1.29, 1.82) is 0 Å². The van der Waals surface area contributed by atoms with Gasteiger partial charge in [-0.3, -0.25) is 19.2 Å². The minimum Gasteiger partial charge on any atom is -0.355 e. The van der Waals surface area contributed by atoms with Crippen LogP contribution < -0.4 is 21.3 Å². The van der Waals surface area contributed by atoms with Crippen LogP contribution >= 0.6 is 43.2 Å². The summed E-state index contributed by atoms with van der Waals surface area (Å²) in [5.74, 6) is 4.29. The van der Waals surface area contributed by atoms with E-state index in [1.165, 1.54) is 0 Å². The van der Waals surface area contributed by atoms with Gasteiger partial charge >= 0.3 is 0 Å². The summed E-state index contributed by atoms with van der Waals surface area (Å²) in [6, 6.07) is 0. The number of hydrogen-bond acceptors (Lipinski definition) is 11. The van der Waals surface area contributed by atoms with Gasteiger partial charge in [0.1, 0.15) is 11.6 Å². The monoisotopic (exact) mass is 611 g/mol. The summed E-state index contributed by atoms with van der Waals surface area (Å²) in [5.41, 5.74) is 0. The summed E-state index contributed by atoms with van der Waals surface area (Å²) in [6.45, 7) is 4.12. The first kappa shape index (κ1) is 37.6. The Labute approximate surface area is 245 Å². The molecule has 0 saturated carbocycles. The van der Waals surface area contributed by atoms with E-state index in [1.807, 2.05) is 21.1 Å². The number of hydrogen-bond donors (Lipinski definition) is 4. The first-order valence-corrected chi connectivity index (χ1v) is 18.4. The number of rotatable bonds is 28. The highest BCUT2D eigenvalue weighted by atomic mass is 33.1. The number of nitrogens with one attached hydrogen (secondary N) is 4. The van der Waals surface area contributed by atoms with E-state index in [0.717, 1.165) is 35.9 Å². The lowest BCUT2D eigenvalue weighted by Crippen LogP contribution is -2.28. The number of Topliss-reactive ketones (excluding diaryl/α,β-unsaturated/α-hetero) is 2. The number of ketones is 2. The number of nitrogens with zero attached hydrogens (tertiary/aromatic N) is 1. The zero-order chi connectivity index (χ0) is 28.3. The third-order valence-electron chi connectivity index (χ3n) is 5.30. The van der Waals surface area contributed by atoms with Gasteiger partial charge in [-0.1, -0.05) is 43.2 Å². The Bertz CT molecular complexity index is 595. The molecular weight excluding hydrogens is 563 g/mol. The zero-order valence-corrected chi connectivity index (χ0v) is 26.7. The van der Waals surface area contributed by atoms with Crippen LogP contribution in [0.25, 0.3) is 0 Å². The lowest BCUT2D eigenvalue weighted by Gasteiger charge is -2.15. The maximum Gasteiger partial charge on any atom is 0.221 e. The fourth-order valence-electron chi connectivity index (χ4n) is 3.00. The van der Waals surface area contributed by atoms with Crippen molar-refractivity contribution in [3.63, 3.8) is 0 Å². The predicted molar refractivity (Wildman–Crippen MR) is 168 cm³/mol. The molecule has 0 radical (unpaired) electrons. The van der Waals surface area contributed by atoms with Crippen molar-refractivity contribution in [3.8, 4) is 0 Å². The molecule has 0 aromatic rings. The molecule has 0 saturated heterocycles. The van der Waals surface area contributed by atoms with Gasteiger partial charge in [-0.2, -0.15) is 0 Å². The molecule has 9 nitrogen and oxygen atoms in total. The number of amides is 2. The quantitative estimate of drug-likeness (QED) is 0.0772. The van der Waals surface area contributed by atoms with E-state index < -0.39 is 0 Å². The minimum atomic E-state index is 0.0745. The third kappa shape index (κ3) is 27.1. The summed E-state index contributed by atoms with van der Waals surface area (Å²) in [5, 5.41) is 11.7. The molecule has 0 unspecified atom stereocenters. The van der Waals surface area contributed by atoms with Crippen LogP contribution in [-0.2, 0) is 19.2 Å². The minimum absolute atomic E-state index is 0.0745. The Morgan fingerprint density at radius 1 is 0.553 bits per heavy atom. The van der Waals surface area contributed by atoms with Crippen LogP contribution in [-0.4, -0.2) is 112 Å². The highest BCUT2D eigenvalue weighted by molar-refractivity contribution is 8.77. The van der Waals surface area contributed by atoms with Crippen LogP contribution in [0, 0.1) is 0 Å². The Hall–Kier alpha value is -0.440. The molecule has 0 heterocycles. The van der Waals surface area contributed by atoms with E-state index in [0.29, 0.717) is 77.8 Å². The average Bonchev–Trinajstić information content (AvgIpc) is 2.91. The van der Waals surface area contributed by atoms with Crippen molar-refractivity contribution in [3.05, 3.63) is 0 Å². The third-order valence-corrected chi connectivity index (χ3v) is 10.3. The van der Waals surface area contributed by atoms with Crippen molar-refractivity contribution in [1.82, 2.24) is 26.2 Å². The molecule has 0 bridgehead atoms. The largest absolute Gasteiger partial charge is 0.355 e. The Morgan fingerprint density at radius 3 is 1.34 bits per heavy atom. The van der Waals surface area contributed by atoms with Gasteiger partial charge in [0, 0.05) is 101 Å². The molecule has 0 rings (SSSR count). The molecule has 0 fully saturated rings. The second kappa shape index (κ2) is 28.1. The van der Waals surface area contributed by atoms with Crippen LogP contribution in [0.4, 0.5) is 0 Å². The SMILES string of the molecule is CNCCC(=O)NCCSSCCCC(=O)CCN(C)CCC(=O)CCCSSCCNC(=O)CCNC. The van der Waals surface area contributed by atoms with Crippen molar-refractivity contribution in [2.24, 2.45) is 0 Å². The van der Waals surface area contributed by atoms with Gasteiger partial charge in [-0.25, -0.2) is 0 Å². The first-order valence-electron chi connectivity index (χ1n) is 13.4. The van der Waals surface area contributed by atoms with E-state index in [1.54, 1.807) is 43.2 Å². The Morgan fingerprint density at radius 2 is 0.947 bits per heavy atom. The Kier molecular flexibility index (Phi) is 27.8. The summed E-state index contributed by atoms with van der Waals surface area (Å²) < 4.78 is 0. The van der Waals surface area contributed by atoms with Gasteiger partial charge in [-0.15, -0.1) is 0 Å². The van der Waals surface area contributed by atoms with Crippen LogP contribution in [0.2, 0.25) is 0 Å². The molecule has 0 aliphatic rings. The van der Waals surface area contributed by atoms with Crippen molar-refractivity contribution >= 4 is 66.6 Å². The molecule has 13 heteroatoms. The predicted octanol–water partition coefficient (Wildman–Crippen LogP) is 2.61. The van der Waals surface area contributed by atoms with Crippen molar-refractivity contribution in [2.75, 3.05) is 83.4 Å². The molecule has 38 heavy (non-hydrogen) atoms. The second-order valence-corrected chi connectivity index (χ2v) is 14.2. The maximum absolute atomic E-state index is 12.1. The number of carbonyl (C=O) groups excluding carboxylic acids is 4. The topological polar surface area (TPSA) is 120 Å². The molecule has 222 valence electrons. The summed E-state index contributed by atoms with van der Waals surface area (Å²) in [7, 11) is 12.6.